The van der Waals surface area contributed by atoms with Gasteiger partial charge in [-0.25, -0.2) is 24.9 Å². The second-order valence-corrected chi connectivity index (χ2v) is 18.4. The van der Waals surface area contributed by atoms with Gasteiger partial charge in [-0.2, -0.15) is 0 Å². The molecular weight excluding hydrogens is 899 g/mol. The van der Waals surface area contributed by atoms with Crippen LogP contribution in [0, 0.1) is 0 Å². The van der Waals surface area contributed by atoms with E-state index in [1.807, 2.05) is 72.8 Å². The van der Waals surface area contributed by atoms with Gasteiger partial charge in [0.25, 0.3) is 0 Å². The molecule has 5 nitrogen and oxygen atoms in total. The molecule has 346 valence electrons. The average molecular weight is 944 g/mol. The van der Waals surface area contributed by atoms with E-state index in [1.165, 1.54) is 38.2 Å². The second-order valence-electron chi connectivity index (χ2n) is 18.4. The zero-order valence-electron chi connectivity index (χ0n) is 40.2. The van der Waals surface area contributed by atoms with Gasteiger partial charge in [-0.3, -0.25) is 0 Å². The van der Waals surface area contributed by atoms with Crippen LogP contribution in [0.2, 0.25) is 0 Å². The van der Waals surface area contributed by atoms with Crippen LogP contribution >= 0.6 is 0 Å². The molecular formula is C69H45N5. The van der Waals surface area contributed by atoms with Gasteiger partial charge in [0.1, 0.15) is 0 Å². The summed E-state index contributed by atoms with van der Waals surface area (Å²) < 4.78 is 0. The van der Waals surface area contributed by atoms with Gasteiger partial charge >= 0.3 is 0 Å². The Morgan fingerprint density at radius 1 is 0.176 bits per heavy atom. The van der Waals surface area contributed by atoms with Crippen molar-refractivity contribution in [1.82, 2.24) is 24.9 Å². The van der Waals surface area contributed by atoms with Crippen molar-refractivity contribution in [2.24, 2.45) is 0 Å². The lowest BCUT2D eigenvalue weighted by molar-refractivity contribution is 1.07. The Kier molecular flexibility index (Phi) is 11.5. The zero-order valence-corrected chi connectivity index (χ0v) is 40.2. The zero-order chi connectivity index (χ0) is 49.2. The van der Waals surface area contributed by atoms with Gasteiger partial charge in [0.05, 0.1) is 11.4 Å². The molecule has 0 saturated heterocycles. The molecule has 0 amide bonds. The first-order valence-electron chi connectivity index (χ1n) is 24.9. The quantitative estimate of drug-likeness (QED) is 0.137. The normalized spacial score (nSPS) is 11.2. The number of rotatable bonds is 10. The van der Waals surface area contributed by atoms with E-state index >= 15 is 0 Å². The van der Waals surface area contributed by atoms with Crippen LogP contribution in [0.5, 0.6) is 0 Å². The molecule has 0 radical (unpaired) electrons. The van der Waals surface area contributed by atoms with Crippen LogP contribution in [0.4, 0.5) is 0 Å². The Hall–Kier alpha value is -9.97. The number of benzene rings is 11. The molecule has 0 saturated carbocycles. The lowest BCUT2D eigenvalue weighted by Gasteiger charge is -2.13. The van der Waals surface area contributed by atoms with Crippen LogP contribution in [0.1, 0.15) is 0 Å². The number of nitrogens with zero attached hydrogens (tertiary/aromatic N) is 5. The lowest BCUT2D eigenvalue weighted by atomic mass is 9.91. The van der Waals surface area contributed by atoms with Crippen molar-refractivity contribution < 1.29 is 0 Å². The maximum Gasteiger partial charge on any atom is 0.164 e. The highest BCUT2D eigenvalue weighted by Crippen LogP contribution is 2.38. The van der Waals surface area contributed by atoms with Crippen molar-refractivity contribution in [3.8, 4) is 113 Å². The molecule has 74 heavy (non-hydrogen) atoms. The highest BCUT2D eigenvalue weighted by molar-refractivity contribution is 6.07. The molecule has 11 aromatic carbocycles. The Balaban J connectivity index is 0.775. The van der Waals surface area contributed by atoms with Gasteiger partial charge in [-0.05, 0) is 84.3 Å². The van der Waals surface area contributed by atoms with Gasteiger partial charge in [-0.1, -0.05) is 255 Å². The molecule has 0 bridgehead atoms. The van der Waals surface area contributed by atoms with Crippen LogP contribution in [0.3, 0.4) is 0 Å². The summed E-state index contributed by atoms with van der Waals surface area (Å²) in [4.78, 5) is 25.0. The molecule has 0 aliphatic heterocycles. The second kappa shape index (κ2) is 19.3. The predicted octanol–water partition coefficient (Wildman–Crippen LogP) is 17.6. The molecule has 0 spiro atoms. The molecule has 13 aromatic rings. The first kappa shape index (κ1) is 44.0. The van der Waals surface area contributed by atoms with Crippen molar-refractivity contribution in [2.45, 2.75) is 0 Å². The molecule has 5 heteroatoms. The standard InChI is InChI=1S/C69H45N5/c1-5-15-46(16-6-1)47-29-35-54(36-30-47)68-72-67(53-21-11-4-12-22-53)73-69(74-68)55-37-31-49(32-38-55)57-40-42-61-59(44-57)24-14-26-63(61)62-25-13-23-58-43-56(39-41-60(58)62)48-27-33-51(34-28-48)65-45-64(50-17-7-2-8-18-50)70-66(71-65)52-19-9-3-10-20-52/h1-45H. The fraction of sp³-hybridized carbons (Fsp3) is 0. The van der Waals surface area contributed by atoms with Crippen LogP contribution in [0.15, 0.2) is 273 Å². The summed E-state index contributed by atoms with van der Waals surface area (Å²) in [7, 11) is 0. The van der Waals surface area contributed by atoms with Crippen LogP contribution in [-0.2, 0) is 0 Å². The molecule has 2 aromatic heterocycles. The molecule has 0 aliphatic carbocycles. The van der Waals surface area contributed by atoms with Crippen molar-refractivity contribution in [3.63, 3.8) is 0 Å². The molecule has 13 rings (SSSR count). The van der Waals surface area contributed by atoms with E-state index in [-0.39, 0.29) is 0 Å². The molecule has 0 fully saturated rings. The number of hydrogen-bond donors (Lipinski definition) is 0. The Labute approximate surface area is 429 Å². The first-order valence-corrected chi connectivity index (χ1v) is 24.9. The van der Waals surface area contributed by atoms with Crippen LogP contribution in [-0.4, -0.2) is 24.9 Å². The van der Waals surface area contributed by atoms with E-state index in [4.69, 9.17) is 24.9 Å². The number of aromatic nitrogens is 5. The van der Waals surface area contributed by atoms with Gasteiger partial charge in [0, 0.05) is 33.4 Å². The van der Waals surface area contributed by atoms with Crippen molar-refractivity contribution in [2.75, 3.05) is 0 Å². The summed E-state index contributed by atoms with van der Waals surface area (Å²) in [5, 5.41) is 4.79. The maximum atomic E-state index is 5.05. The SMILES string of the molecule is c1ccc(-c2ccc(-c3nc(-c4ccccc4)nc(-c4ccc(-c5ccc6c(-c7cccc8cc(-c9ccc(-c%10cc(-c%11ccccc%11)nc(-c%11ccccc%11)n%10)cc9)ccc78)cccc6c5)cc4)n3)cc2)cc1. The minimum Gasteiger partial charge on any atom is -0.228 e. The van der Waals surface area contributed by atoms with Crippen molar-refractivity contribution in [3.05, 3.63) is 273 Å². The topological polar surface area (TPSA) is 64.5 Å². The minimum absolute atomic E-state index is 0.630. The molecule has 0 atom stereocenters. The third kappa shape index (κ3) is 8.80. The monoisotopic (exact) mass is 943 g/mol. The largest absolute Gasteiger partial charge is 0.228 e. The van der Waals surface area contributed by atoms with E-state index in [0.717, 1.165) is 72.6 Å². The molecule has 0 N–H and O–H groups in total. The van der Waals surface area contributed by atoms with E-state index in [2.05, 4.69) is 200 Å². The van der Waals surface area contributed by atoms with Gasteiger partial charge in [0.2, 0.25) is 0 Å². The number of fused-ring (bicyclic) bond motifs is 2. The molecule has 2 heterocycles. The highest BCUT2D eigenvalue weighted by atomic mass is 15.0. The average Bonchev–Trinajstić information content (AvgIpc) is 3.49. The van der Waals surface area contributed by atoms with Gasteiger partial charge in [-0.15, -0.1) is 0 Å². The van der Waals surface area contributed by atoms with E-state index in [1.54, 1.807) is 0 Å². The summed E-state index contributed by atoms with van der Waals surface area (Å²) in [6, 6.07) is 95.6. The third-order valence-corrected chi connectivity index (χ3v) is 13.8. The smallest absolute Gasteiger partial charge is 0.164 e. The number of hydrogen-bond acceptors (Lipinski definition) is 5. The maximum absolute atomic E-state index is 5.05. The predicted molar refractivity (Wildman–Crippen MR) is 305 cm³/mol. The highest BCUT2D eigenvalue weighted by Gasteiger charge is 2.16. The summed E-state index contributed by atoms with van der Waals surface area (Å²) in [6.07, 6.45) is 0. The van der Waals surface area contributed by atoms with E-state index in [9.17, 15) is 0 Å². The fourth-order valence-corrected chi connectivity index (χ4v) is 9.90. The third-order valence-electron chi connectivity index (χ3n) is 13.8. The van der Waals surface area contributed by atoms with E-state index in [0.29, 0.717) is 23.3 Å². The summed E-state index contributed by atoms with van der Waals surface area (Å²) in [5.41, 5.74) is 17.0. The summed E-state index contributed by atoms with van der Waals surface area (Å²) in [6.45, 7) is 0. The van der Waals surface area contributed by atoms with E-state index < -0.39 is 0 Å². The van der Waals surface area contributed by atoms with Gasteiger partial charge in [0.15, 0.2) is 23.3 Å². The lowest BCUT2D eigenvalue weighted by Crippen LogP contribution is -2.00. The first-order chi connectivity index (χ1) is 36.6. The van der Waals surface area contributed by atoms with Crippen LogP contribution in [0.25, 0.3) is 134 Å². The van der Waals surface area contributed by atoms with Crippen molar-refractivity contribution >= 4 is 21.5 Å². The Morgan fingerprint density at radius 2 is 0.459 bits per heavy atom. The molecule has 0 aliphatic rings. The van der Waals surface area contributed by atoms with Crippen molar-refractivity contribution in [1.29, 1.82) is 0 Å². The minimum atomic E-state index is 0.630. The van der Waals surface area contributed by atoms with Crippen LogP contribution < -0.4 is 0 Å². The van der Waals surface area contributed by atoms with Gasteiger partial charge < -0.3 is 0 Å². The summed E-state index contributed by atoms with van der Waals surface area (Å²) >= 11 is 0. The summed E-state index contributed by atoms with van der Waals surface area (Å²) in [5.74, 6) is 2.61. The molecule has 0 unspecified atom stereocenters. The Bertz CT molecular complexity index is 4070. The Morgan fingerprint density at radius 3 is 0.878 bits per heavy atom. The fourth-order valence-electron chi connectivity index (χ4n) is 9.90.